The van der Waals surface area contributed by atoms with Crippen LogP contribution >= 0.6 is 0 Å². The lowest BCUT2D eigenvalue weighted by molar-refractivity contribution is -0.143. The molecule has 3 N–H and O–H groups in total. The van der Waals surface area contributed by atoms with Crippen molar-refractivity contribution in [3.05, 3.63) is 24.3 Å². The lowest BCUT2D eigenvalue weighted by atomic mass is 10.0. The second-order valence-electron chi connectivity index (χ2n) is 19.3. The highest BCUT2D eigenvalue weighted by molar-refractivity contribution is 5.76. The second-order valence-corrected chi connectivity index (χ2v) is 19.3. The standard InChI is InChI=1S/C57H109NO5/c1-3-5-7-9-11-13-15-16-17-18-19-20-21-22-23-24-26-30-33-37-41-45-49-55(60)54(53-59)58-56(61)50-46-42-38-34-31-27-25-28-32-36-40-44-48-52-63-57(62)51-47-43-39-35-29-14-12-10-8-6-4-2/h27,31,38,42,54-55,59-60H,3-26,28-30,32-37,39-41,43-53H2,1-2H3,(H,58,61)/b31-27-,42-38-. The Kier molecular flexibility index (Phi) is 51.6. The Hall–Kier alpha value is -1.66. The minimum absolute atomic E-state index is 0.0168. The summed E-state index contributed by atoms with van der Waals surface area (Å²) in [6, 6.07) is -0.585. The fourth-order valence-electron chi connectivity index (χ4n) is 8.69. The molecule has 1 amide bonds. The van der Waals surface area contributed by atoms with Gasteiger partial charge in [-0.25, -0.2) is 0 Å². The maximum atomic E-state index is 12.4. The predicted molar refractivity (Wildman–Crippen MR) is 273 cm³/mol. The van der Waals surface area contributed by atoms with Gasteiger partial charge in [0.05, 0.1) is 25.4 Å². The van der Waals surface area contributed by atoms with Gasteiger partial charge in [0.1, 0.15) is 0 Å². The minimum atomic E-state index is -0.699. The van der Waals surface area contributed by atoms with E-state index in [1.807, 2.05) is 6.08 Å². The normalized spacial score (nSPS) is 12.8. The van der Waals surface area contributed by atoms with Crippen molar-refractivity contribution < 1.29 is 24.5 Å². The average Bonchev–Trinajstić information content (AvgIpc) is 3.28. The summed E-state index contributed by atoms with van der Waals surface area (Å²) in [5.74, 6) is -0.130. The summed E-state index contributed by atoms with van der Waals surface area (Å²) in [6.07, 6.45) is 63.2. The van der Waals surface area contributed by atoms with Crippen molar-refractivity contribution in [3.8, 4) is 0 Å². The molecule has 63 heavy (non-hydrogen) atoms. The maximum absolute atomic E-state index is 12.4. The highest BCUT2D eigenvalue weighted by Crippen LogP contribution is 2.17. The first kappa shape index (κ1) is 61.3. The van der Waals surface area contributed by atoms with Gasteiger partial charge >= 0.3 is 5.97 Å². The van der Waals surface area contributed by atoms with Crippen molar-refractivity contribution in [2.75, 3.05) is 13.2 Å². The molecule has 0 bridgehead atoms. The monoisotopic (exact) mass is 888 g/mol. The molecule has 0 saturated heterocycles. The smallest absolute Gasteiger partial charge is 0.305 e. The number of unbranched alkanes of at least 4 members (excludes halogenated alkanes) is 37. The fourth-order valence-corrected chi connectivity index (χ4v) is 8.69. The molecular weight excluding hydrogens is 779 g/mol. The number of allylic oxidation sites excluding steroid dienone is 4. The zero-order valence-corrected chi connectivity index (χ0v) is 42.3. The SMILES string of the molecule is CCCCCCCCCCCCCCCCCCCCCCCCC(O)C(CO)NC(=O)CC/C=C\C/C=C\CCCCCCCCOC(=O)CCCCCCCCCCCCC. The van der Waals surface area contributed by atoms with Crippen molar-refractivity contribution in [2.45, 2.75) is 315 Å². The molecule has 6 nitrogen and oxygen atoms in total. The van der Waals surface area contributed by atoms with Gasteiger partial charge in [-0.3, -0.25) is 9.59 Å². The molecule has 0 aliphatic heterocycles. The highest BCUT2D eigenvalue weighted by Gasteiger charge is 2.19. The third-order valence-electron chi connectivity index (χ3n) is 13.0. The van der Waals surface area contributed by atoms with Crippen LogP contribution < -0.4 is 5.32 Å². The number of amides is 1. The van der Waals surface area contributed by atoms with Gasteiger partial charge in [0.15, 0.2) is 0 Å². The number of esters is 1. The first-order valence-corrected chi connectivity index (χ1v) is 28.1. The molecule has 0 heterocycles. The molecule has 0 rings (SSSR count). The summed E-state index contributed by atoms with van der Waals surface area (Å²) in [7, 11) is 0. The number of hydrogen-bond acceptors (Lipinski definition) is 5. The summed E-state index contributed by atoms with van der Waals surface area (Å²) in [4.78, 5) is 24.4. The van der Waals surface area contributed by atoms with Crippen LogP contribution in [0.15, 0.2) is 24.3 Å². The molecule has 0 saturated carbocycles. The number of aliphatic hydroxyl groups excluding tert-OH is 2. The van der Waals surface area contributed by atoms with Crippen LogP contribution in [0.25, 0.3) is 0 Å². The number of rotatable bonds is 52. The summed E-state index contributed by atoms with van der Waals surface area (Å²) in [5, 5.41) is 23.2. The highest BCUT2D eigenvalue weighted by atomic mass is 16.5. The van der Waals surface area contributed by atoms with E-state index in [1.54, 1.807) is 0 Å². The van der Waals surface area contributed by atoms with Crippen molar-refractivity contribution in [1.82, 2.24) is 5.32 Å². The first-order valence-electron chi connectivity index (χ1n) is 28.1. The summed E-state index contributed by atoms with van der Waals surface area (Å²) >= 11 is 0. The molecule has 0 aromatic rings. The van der Waals surface area contributed by atoms with E-state index in [4.69, 9.17) is 4.74 Å². The first-order chi connectivity index (χ1) is 31.0. The fraction of sp³-hybridized carbons (Fsp3) is 0.895. The molecule has 0 fully saturated rings. The molecule has 6 heteroatoms. The lowest BCUT2D eigenvalue weighted by Gasteiger charge is -2.22. The molecule has 0 aromatic heterocycles. The Balaban J connectivity index is 3.54. The molecule has 2 atom stereocenters. The van der Waals surface area contributed by atoms with Crippen LogP contribution in [-0.2, 0) is 14.3 Å². The van der Waals surface area contributed by atoms with E-state index in [0.717, 1.165) is 51.4 Å². The largest absolute Gasteiger partial charge is 0.466 e. The topological polar surface area (TPSA) is 95.9 Å². The number of aliphatic hydroxyl groups is 2. The van der Waals surface area contributed by atoms with Crippen molar-refractivity contribution in [3.63, 3.8) is 0 Å². The molecule has 2 unspecified atom stereocenters. The van der Waals surface area contributed by atoms with Crippen LogP contribution in [0.2, 0.25) is 0 Å². The second kappa shape index (κ2) is 53.0. The van der Waals surface area contributed by atoms with Crippen LogP contribution in [0.3, 0.4) is 0 Å². The van der Waals surface area contributed by atoms with E-state index in [1.165, 1.54) is 212 Å². The Labute approximate surface area is 392 Å². The molecular formula is C57H109NO5. The number of carbonyl (C=O) groups excluding carboxylic acids is 2. The van der Waals surface area contributed by atoms with Crippen LogP contribution in [-0.4, -0.2) is 47.4 Å². The molecule has 0 aliphatic carbocycles. The number of hydrogen-bond donors (Lipinski definition) is 3. The summed E-state index contributed by atoms with van der Waals surface area (Å²) < 4.78 is 5.44. The van der Waals surface area contributed by atoms with E-state index in [0.29, 0.717) is 32.3 Å². The van der Waals surface area contributed by atoms with Gasteiger partial charge in [0.2, 0.25) is 5.91 Å². The van der Waals surface area contributed by atoms with Gasteiger partial charge < -0.3 is 20.3 Å². The van der Waals surface area contributed by atoms with Gasteiger partial charge in [-0.05, 0) is 44.9 Å². The summed E-state index contributed by atoms with van der Waals surface area (Å²) in [6.45, 7) is 4.90. The average molecular weight is 889 g/mol. The third kappa shape index (κ3) is 49.6. The van der Waals surface area contributed by atoms with Crippen LogP contribution in [0.4, 0.5) is 0 Å². The van der Waals surface area contributed by atoms with E-state index >= 15 is 0 Å². The van der Waals surface area contributed by atoms with Crippen LogP contribution in [0, 0.1) is 0 Å². The zero-order chi connectivity index (χ0) is 45.8. The lowest BCUT2D eigenvalue weighted by Crippen LogP contribution is -2.45. The van der Waals surface area contributed by atoms with E-state index in [2.05, 4.69) is 37.4 Å². The van der Waals surface area contributed by atoms with E-state index in [9.17, 15) is 19.8 Å². The predicted octanol–water partition coefficient (Wildman–Crippen LogP) is 17.1. The van der Waals surface area contributed by atoms with Crippen molar-refractivity contribution in [2.24, 2.45) is 0 Å². The Morgan fingerprint density at radius 3 is 1.24 bits per heavy atom. The number of nitrogens with one attached hydrogen (secondary N) is 1. The summed E-state index contributed by atoms with van der Waals surface area (Å²) in [5.41, 5.74) is 0. The van der Waals surface area contributed by atoms with Gasteiger partial charge in [0.25, 0.3) is 0 Å². The molecule has 0 aliphatic rings. The number of ether oxygens (including phenoxy) is 1. The van der Waals surface area contributed by atoms with Crippen molar-refractivity contribution >= 4 is 11.9 Å². The quantitative estimate of drug-likeness (QED) is 0.0321. The Bertz CT molecular complexity index is 982. The molecule has 372 valence electrons. The Morgan fingerprint density at radius 2 is 0.810 bits per heavy atom. The van der Waals surface area contributed by atoms with Gasteiger partial charge in [-0.1, -0.05) is 269 Å². The van der Waals surface area contributed by atoms with Gasteiger partial charge in [0, 0.05) is 12.8 Å². The van der Waals surface area contributed by atoms with Gasteiger partial charge in [-0.15, -0.1) is 0 Å². The molecule has 0 aromatic carbocycles. The van der Waals surface area contributed by atoms with E-state index < -0.39 is 12.1 Å². The van der Waals surface area contributed by atoms with Crippen LogP contribution in [0.5, 0.6) is 0 Å². The van der Waals surface area contributed by atoms with Gasteiger partial charge in [-0.2, -0.15) is 0 Å². The molecule has 0 spiro atoms. The Morgan fingerprint density at radius 1 is 0.444 bits per heavy atom. The van der Waals surface area contributed by atoms with Crippen molar-refractivity contribution in [1.29, 1.82) is 0 Å². The minimum Gasteiger partial charge on any atom is -0.466 e. The third-order valence-corrected chi connectivity index (χ3v) is 13.0. The van der Waals surface area contributed by atoms with Crippen LogP contribution in [0.1, 0.15) is 303 Å². The van der Waals surface area contributed by atoms with E-state index in [-0.39, 0.29) is 18.5 Å². The number of carbonyl (C=O) groups is 2. The zero-order valence-electron chi connectivity index (χ0n) is 42.3. The molecule has 0 radical (unpaired) electrons. The maximum Gasteiger partial charge on any atom is 0.305 e.